The zero-order chi connectivity index (χ0) is 9.42. The highest BCUT2D eigenvalue weighted by atomic mass is 79.9. The summed E-state index contributed by atoms with van der Waals surface area (Å²) in [7, 11) is 1.85. The monoisotopic (exact) mass is 238 g/mol. The van der Waals surface area contributed by atoms with E-state index in [-0.39, 0.29) is 0 Å². The van der Waals surface area contributed by atoms with Crippen LogP contribution in [0.5, 0.6) is 0 Å². The van der Waals surface area contributed by atoms with Crippen molar-refractivity contribution in [3.63, 3.8) is 0 Å². The molecule has 1 aromatic heterocycles. The van der Waals surface area contributed by atoms with Crippen LogP contribution in [0.1, 0.15) is 10.4 Å². The zero-order valence-electron chi connectivity index (χ0n) is 6.99. The number of carbonyl (C=O) groups excluding carboxylic acids is 1. The van der Waals surface area contributed by atoms with E-state index < -0.39 is 0 Å². The minimum atomic E-state index is 0.668. The van der Waals surface area contributed by atoms with Gasteiger partial charge in [-0.25, -0.2) is 0 Å². The molecule has 0 aliphatic rings. The van der Waals surface area contributed by atoms with Crippen molar-refractivity contribution in [3.05, 3.63) is 28.4 Å². The number of carbonyl (C=O) groups is 1. The summed E-state index contributed by atoms with van der Waals surface area (Å²) in [5.41, 5.74) is 1.56. The topological polar surface area (TPSA) is 34.9 Å². The van der Waals surface area contributed by atoms with Crippen LogP contribution in [0.15, 0.2) is 22.8 Å². The summed E-state index contributed by atoms with van der Waals surface area (Å²) < 4.78 is 2.63. The maximum atomic E-state index is 10.5. The Hall–Kier alpha value is -1.16. The molecule has 2 rings (SSSR count). The molecule has 0 fully saturated rings. The van der Waals surface area contributed by atoms with Crippen molar-refractivity contribution >= 4 is 33.1 Å². The van der Waals surface area contributed by atoms with E-state index in [0.29, 0.717) is 5.56 Å². The van der Waals surface area contributed by atoms with Crippen LogP contribution < -0.4 is 0 Å². The molecular weight excluding hydrogens is 232 g/mol. The van der Waals surface area contributed by atoms with Crippen molar-refractivity contribution in [3.8, 4) is 0 Å². The molecule has 3 nitrogen and oxygen atoms in total. The fourth-order valence-electron chi connectivity index (χ4n) is 1.26. The normalized spacial score (nSPS) is 10.6. The number of hydrogen-bond donors (Lipinski definition) is 0. The molecule has 0 spiro atoms. The number of aromatic nitrogens is 2. The molecule has 0 saturated carbocycles. The molecule has 0 aliphatic heterocycles. The molecule has 0 bridgehead atoms. The van der Waals surface area contributed by atoms with Crippen molar-refractivity contribution in [2.24, 2.45) is 7.05 Å². The molecular formula is C9H7BrN2O. The van der Waals surface area contributed by atoms with Gasteiger partial charge in [0.2, 0.25) is 0 Å². The Labute approximate surface area is 83.5 Å². The molecule has 0 atom stereocenters. The molecule has 0 amide bonds. The van der Waals surface area contributed by atoms with Gasteiger partial charge in [0.1, 0.15) is 10.9 Å². The van der Waals surface area contributed by atoms with Gasteiger partial charge < -0.3 is 0 Å². The van der Waals surface area contributed by atoms with Crippen LogP contribution in [0, 0.1) is 0 Å². The quantitative estimate of drug-likeness (QED) is 0.714. The molecule has 0 N–H and O–H groups in total. The molecule has 0 radical (unpaired) electrons. The first kappa shape index (κ1) is 8.44. The predicted molar refractivity (Wildman–Crippen MR) is 53.8 cm³/mol. The van der Waals surface area contributed by atoms with Crippen molar-refractivity contribution in [2.75, 3.05) is 0 Å². The van der Waals surface area contributed by atoms with Crippen molar-refractivity contribution < 1.29 is 4.79 Å². The van der Waals surface area contributed by atoms with Gasteiger partial charge in [0, 0.05) is 18.0 Å². The van der Waals surface area contributed by atoms with Gasteiger partial charge in [-0.15, -0.1) is 0 Å². The summed E-state index contributed by atoms with van der Waals surface area (Å²) in [6.07, 6.45) is 0.832. The molecule has 13 heavy (non-hydrogen) atoms. The van der Waals surface area contributed by atoms with Gasteiger partial charge in [0.25, 0.3) is 0 Å². The molecule has 2 aromatic rings. The van der Waals surface area contributed by atoms with Gasteiger partial charge >= 0.3 is 0 Å². The Balaban J connectivity index is 2.81. The van der Waals surface area contributed by atoms with E-state index >= 15 is 0 Å². The lowest BCUT2D eigenvalue weighted by Gasteiger charge is -1.90. The van der Waals surface area contributed by atoms with Crippen LogP contribution in [-0.4, -0.2) is 16.1 Å². The number of benzene rings is 1. The van der Waals surface area contributed by atoms with Gasteiger partial charge in [0.15, 0.2) is 0 Å². The molecule has 0 unspecified atom stereocenters. The third-order valence-electron chi connectivity index (χ3n) is 1.92. The molecule has 0 aliphatic carbocycles. The second kappa shape index (κ2) is 2.96. The highest BCUT2D eigenvalue weighted by Gasteiger charge is 2.05. The minimum Gasteiger partial charge on any atom is -0.298 e. The predicted octanol–water partition coefficient (Wildman–Crippen LogP) is 2.15. The maximum absolute atomic E-state index is 10.5. The van der Waals surface area contributed by atoms with Gasteiger partial charge in [0.05, 0.1) is 5.52 Å². The Kier molecular flexibility index (Phi) is 1.92. The summed E-state index contributed by atoms with van der Waals surface area (Å²) in [5.74, 6) is 0. The molecule has 4 heteroatoms. The molecule has 0 saturated heterocycles. The van der Waals surface area contributed by atoms with Crippen LogP contribution in [0.4, 0.5) is 0 Å². The highest BCUT2D eigenvalue weighted by molar-refractivity contribution is 9.10. The lowest BCUT2D eigenvalue weighted by molar-refractivity contribution is 0.112. The first-order valence-corrected chi connectivity index (χ1v) is 4.59. The molecule has 1 heterocycles. The average molecular weight is 239 g/mol. The number of aldehydes is 1. The van der Waals surface area contributed by atoms with E-state index in [0.717, 1.165) is 21.8 Å². The van der Waals surface area contributed by atoms with E-state index in [2.05, 4.69) is 21.0 Å². The summed E-state index contributed by atoms with van der Waals surface area (Å²) in [5, 5.41) is 5.21. The Morgan fingerprint density at radius 1 is 1.54 bits per heavy atom. The number of halogens is 1. The molecule has 1 aromatic carbocycles. The lowest BCUT2D eigenvalue weighted by atomic mass is 10.2. The van der Waals surface area contributed by atoms with E-state index in [4.69, 9.17) is 0 Å². The molecule has 66 valence electrons. The third kappa shape index (κ3) is 1.27. The smallest absolute Gasteiger partial charge is 0.150 e. The third-order valence-corrected chi connectivity index (χ3v) is 2.86. The Bertz CT molecular complexity index is 476. The van der Waals surface area contributed by atoms with Crippen LogP contribution in [-0.2, 0) is 7.05 Å². The zero-order valence-corrected chi connectivity index (χ0v) is 8.58. The minimum absolute atomic E-state index is 0.668. The summed E-state index contributed by atoms with van der Waals surface area (Å²) in [6.45, 7) is 0. The van der Waals surface area contributed by atoms with Gasteiger partial charge in [-0.05, 0) is 34.1 Å². The van der Waals surface area contributed by atoms with Gasteiger partial charge in [-0.1, -0.05) is 0 Å². The van der Waals surface area contributed by atoms with E-state index in [1.165, 1.54) is 0 Å². The summed E-state index contributed by atoms with van der Waals surface area (Å²) in [4.78, 5) is 10.5. The highest BCUT2D eigenvalue weighted by Crippen LogP contribution is 2.23. The fourth-order valence-corrected chi connectivity index (χ4v) is 1.66. The van der Waals surface area contributed by atoms with Crippen molar-refractivity contribution in [1.82, 2.24) is 9.78 Å². The summed E-state index contributed by atoms with van der Waals surface area (Å²) in [6, 6.07) is 5.41. The second-order valence-electron chi connectivity index (χ2n) is 2.81. The first-order valence-electron chi connectivity index (χ1n) is 3.80. The van der Waals surface area contributed by atoms with Crippen LogP contribution in [0.3, 0.4) is 0 Å². The van der Waals surface area contributed by atoms with Gasteiger partial charge in [-0.2, -0.15) is 5.10 Å². The summed E-state index contributed by atoms with van der Waals surface area (Å²) >= 11 is 3.40. The number of fused-ring (bicyclic) bond motifs is 1. The Morgan fingerprint density at radius 2 is 2.31 bits per heavy atom. The van der Waals surface area contributed by atoms with E-state index in [9.17, 15) is 4.79 Å². The second-order valence-corrected chi connectivity index (χ2v) is 3.56. The largest absolute Gasteiger partial charge is 0.298 e. The van der Waals surface area contributed by atoms with Crippen molar-refractivity contribution in [2.45, 2.75) is 0 Å². The number of aryl methyl sites for hydroxylation is 1. The van der Waals surface area contributed by atoms with Crippen LogP contribution >= 0.6 is 15.9 Å². The van der Waals surface area contributed by atoms with Crippen molar-refractivity contribution in [1.29, 1.82) is 0 Å². The van der Waals surface area contributed by atoms with E-state index in [1.807, 2.05) is 19.2 Å². The maximum Gasteiger partial charge on any atom is 0.150 e. The van der Waals surface area contributed by atoms with Gasteiger partial charge in [-0.3, -0.25) is 9.48 Å². The SMILES string of the molecule is Cn1nc2ccc(C=O)cc2c1Br. The first-order chi connectivity index (χ1) is 6.22. The van der Waals surface area contributed by atoms with E-state index in [1.54, 1.807) is 10.7 Å². The fraction of sp³-hybridized carbons (Fsp3) is 0.111. The average Bonchev–Trinajstić information content (AvgIpc) is 2.43. The number of rotatable bonds is 1. The van der Waals surface area contributed by atoms with Crippen LogP contribution in [0.25, 0.3) is 10.9 Å². The Morgan fingerprint density at radius 3 is 3.00 bits per heavy atom. The number of nitrogens with zero attached hydrogens (tertiary/aromatic N) is 2. The number of hydrogen-bond acceptors (Lipinski definition) is 2. The van der Waals surface area contributed by atoms with Crippen LogP contribution in [0.2, 0.25) is 0 Å². The standard InChI is InChI=1S/C9H7BrN2O/c1-12-9(10)7-4-6(5-13)2-3-8(7)11-12/h2-5H,1H3. The lowest BCUT2D eigenvalue weighted by Crippen LogP contribution is -1.88.